The van der Waals surface area contributed by atoms with Crippen LogP contribution in [0.15, 0.2) is 39.0 Å². The first kappa shape index (κ1) is 48.8. The van der Waals surface area contributed by atoms with Gasteiger partial charge in [0.1, 0.15) is 47.0 Å². The highest BCUT2D eigenvalue weighted by atomic mass is 19.1. The van der Waals surface area contributed by atoms with Crippen molar-refractivity contribution in [2.45, 2.75) is 154 Å². The second-order valence-electron chi connectivity index (χ2n) is 17.4. The number of ketones is 1. The molecule has 5 heterocycles. The number of esters is 1. The Bertz CT molecular complexity index is 1960. The highest BCUT2D eigenvalue weighted by Crippen LogP contribution is 2.40. The van der Waals surface area contributed by atoms with Gasteiger partial charge in [-0.3, -0.25) is 9.59 Å². The minimum atomic E-state index is -3.23. The Morgan fingerprint density at radius 3 is 2.50 bits per heavy atom. The van der Waals surface area contributed by atoms with Gasteiger partial charge in [-0.25, -0.2) is 24.1 Å². The zero-order valence-electron chi connectivity index (χ0n) is 37.3. The predicted octanol–water partition coefficient (Wildman–Crippen LogP) is 3.99. The molecule has 62 heavy (non-hydrogen) atoms. The third kappa shape index (κ3) is 11.1. The van der Waals surface area contributed by atoms with Crippen LogP contribution in [-0.4, -0.2) is 141 Å². The maximum Gasteiger partial charge on any atom is 0.351 e. The summed E-state index contributed by atoms with van der Waals surface area (Å²) >= 11 is 0. The lowest BCUT2D eigenvalue weighted by molar-refractivity contribution is -0.296. The van der Waals surface area contributed by atoms with Crippen LogP contribution in [0.1, 0.15) is 93.2 Å². The van der Waals surface area contributed by atoms with Gasteiger partial charge in [0.25, 0.3) is 5.67 Å². The smallest absolute Gasteiger partial charge is 0.351 e. The summed E-state index contributed by atoms with van der Waals surface area (Å²) in [7, 11) is 3.62. The highest BCUT2D eigenvalue weighted by Gasteiger charge is 2.56. The van der Waals surface area contributed by atoms with Crippen LogP contribution < -0.4 is 5.73 Å². The van der Waals surface area contributed by atoms with E-state index in [9.17, 15) is 24.6 Å². The van der Waals surface area contributed by atoms with Gasteiger partial charge in [0, 0.05) is 30.5 Å². The minimum absolute atomic E-state index is 0.00596. The number of amides is 1. The fourth-order valence-electron chi connectivity index (χ4n) is 8.31. The quantitative estimate of drug-likeness (QED) is 0.183. The van der Waals surface area contributed by atoms with Crippen LogP contribution in [0.2, 0.25) is 0 Å². The normalized spacial score (nSPS) is 36.8. The molecule has 3 aliphatic heterocycles. The number of oxazole rings is 1. The molecule has 0 spiro atoms. The molecule has 2 aromatic heterocycles. The Morgan fingerprint density at radius 2 is 1.84 bits per heavy atom. The minimum Gasteiger partial charge on any atom is -0.457 e. The van der Waals surface area contributed by atoms with Crippen LogP contribution in [0.5, 0.6) is 0 Å². The number of oxime groups is 1. The number of rotatable bonds is 9. The number of fused-ring (bicyclic) bond motifs is 5. The molecule has 2 aromatic rings. The second kappa shape index (κ2) is 20.1. The van der Waals surface area contributed by atoms with Crippen molar-refractivity contribution in [2.75, 3.05) is 33.0 Å². The second-order valence-corrected chi connectivity index (χ2v) is 17.4. The molecule has 0 radical (unpaired) electrons. The number of pyridine rings is 1. The number of hydrogen-bond donors (Lipinski definition) is 3. The molecule has 1 amide bonds. The molecule has 0 saturated carbocycles. The van der Waals surface area contributed by atoms with Crippen LogP contribution in [0, 0.1) is 11.8 Å². The average Bonchev–Trinajstić information content (AvgIpc) is 3.69. The number of ether oxygens (including phenoxy) is 5. The number of nitrogen functional groups attached to an aromatic ring is 1. The molecular formula is C43H63FN6O12. The molecule has 5 rings (SSSR count). The fourth-order valence-corrected chi connectivity index (χ4v) is 8.31. The van der Waals surface area contributed by atoms with Crippen molar-refractivity contribution in [3.8, 4) is 11.6 Å². The molecule has 0 aromatic carbocycles. The van der Waals surface area contributed by atoms with Crippen LogP contribution >= 0.6 is 0 Å². The zero-order chi connectivity index (χ0) is 45.7. The van der Waals surface area contributed by atoms with E-state index in [0.717, 1.165) is 6.92 Å². The van der Waals surface area contributed by atoms with Gasteiger partial charge < -0.3 is 53.8 Å². The number of Topliss-reactive ketones (excluding diaryl/α,β-unsaturated/α-hetero) is 1. The van der Waals surface area contributed by atoms with E-state index in [1.165, 1.54) is 20.1 Å². The largest absolute Gasteiger partial charge is 0.457 e. The van der Waals surface area contributed by atoms with Crippen molar-refractivity contribution < 1.29 is 61.9 Å². The van der Waals surface area contributed by atoms with Crippen LogP contribution in [0.4, 0.5) is 10.2 Å². The number of nitrogens with zero attached hydrogens (tertiary/aromatic N) is 5. The Morgan fingerprint density at radius 1 is 1.11 bits per heavy atom. The van der Waals surface area contributed by atoms with Crippen LogP contribution in [0.25, 0.3) is 11.6 Å². The van der Waals surface area contributed by atoms with Gasteiger partial charge in [0.2, 0.25) is 11.8 Å². The van der Waals surface area contributed by atoms with E-state index in [0.29, 0.717) is 23.5 Å². The SMILES string of the molecule is CCC(=O)N=C1C[C@H]2OC/C(=N\OCc3coc(-c4cccc(N)n4)n3)CO[C@](C)(C[C@H]1C)[C@H](O[C@@H]1O[C@H](C)C[C@H](N(C)C)[C@H]1O)[C@@H](C)C(=O)[C@](C)(F)C(=O)O[C@H](CC)[C@@]2(C)O. The summed E-state index contributed by atoms with van der Waals surface area (Å²) in [6, 6.07) is 4.62. The molecule has 3 fully saturated rings. The number of carbonyl (C=O) groups excluding carboxylic acids is 3. The van der Waals surface area contributed by atoms with Gasteiger partial charge in [0.15, 0.2) is 18.7 Å². The molecular weight excluding hydrogens is 812 g/mol. The monoisotopic (exact) mass is 874 g/mol. The first-order chi connectivity index (χ1) is 29.1. The van der Waals surface area contributed by atoms with Crippen molar-refractivity contribution >= 4 is 34.9 Å². The standard InChI is InChI=1S/C43H63FN6O12/c1-11-31-43(8,55)32-17-29(48-34(51)12-2)23(3)18-41(6,58-21-27(20-56-32)49-59-22-26-19-57-38(46-26)28-14-13-15-33(45)47-28)37(25(5)36(53)42(7,44)40(54)61-31)62-39-35(52)30(50(9)10)16-24(4)60-39/h13-15,19,23-25,30-32,35,37,39,52,55H,11-12,16-18,20-22H2,1-10H3,(H2,45,47)/b48-29?,49-27+/t23-,24-,25+,30+,31-,32-,35-,37-,39+,41-,42+,43-/m1/s1. The number of hydrogen-bond acceptors (Lipinski definition) is 17. The molecule has 3 aliphatic rings. The maximum atomic E-state index is 16.9. The van der Waals surface area contributed by atoms with E-state index < -0.39 is 89.2 Å². The van der Waals surface area contributed by atoms with Crippen molar-refractivity contribution in [2.24, 2.45) is 22.0 Å². The van der Waals surface area contributed by atoms with Gasteiger partial charge in [-0.1, -0.05) is 38.9 Å². The van der Waals surface area contributed by atoms with E-state index >= 15 is 4.39 Å². The molecule has 19 heteroatoms. The Kier molecular flexibility index (Phi) is 15.8. The van der Waals surface area contributed by atoms with Crippen molar-refractivity contribution in [1.82, 2.24) is 14.9 Å². The number of aliphatic hydroxyl groups is 2. The summed E-state index contributed by atoms with van der Waals surface area (Å²) < 4.78 is 54.1. The van der Waals surface area contributed by atoms with Crippen molar-refractivity contribution in [3.63, 3.8) is 0 Å². The van der Waals surface area contributed by atoms with Crippen molar-refractivity contribution in [1.29, 1.82) is 0 Å². The molecule has 344 valence electrons. The van der Waals surface area contributed by atoms with E-state index in [2.05, 4.69) is 20.1 Å². The molecule has 2 bridgehead atoms. The zero-order valence-corrected chi connectivity index (χ0v) is 37.3. The summed E-state index contributed by atoms with van der Waals surface area (Å²) in [5.74, 6) is -4.74. The number of nitrogens with two attached hydrogens (primary N) is 1. The molecule has 0 aliphatic carbocycles. The number of halogens is 1. The Hall–Kier alpha value is -4.24. The number of alkyl halides is 1. The third-order valence-corrected chi connectivity index (χ3v) is 12.0. The summed E-state index contributed by atoms with van der Waals surface area (Å²) in [4.78, 5) is 62.0. The maximum absolute atomic E-state index is 16.9. The number of anilines is 1. The first-order valence-electron chi connectivity index (χ1n) is 21.1. The van der Waals surface area contributed by atoms with Gasteiger partial charge >= 0.3 is 5.97 Å². The molecule has 0 unspecified atom stereocenters. The van der Waals surface area contributed by atoms with E-state index in [1.807, 2.05) is 25.9 Å². The lowest BCUT2D eigenvalue weighted by Crippen LogP contribution is -2.61. The van der Waals surface area contributed by atoms with E-state index in [4.69, 9.17) is 38.7 Å². The lowest BCUT2D eigenvalue weighted by Gasteiger charge is -2.47. The van der Waals surface area contributed by atoms with Gasteiger partial charge in [-0.2, -0.15) is 0 Å². The van der Waals surface area contributed by atoms with Gasteiger partial charge in [0.05, 0.1) is 37.1 Å². The third-order valence-electron chi connectivity index (χ3n) is 12.0. The van der Waals surface area contributed by atoms with E-state index in [1.54, 1.807) is 45.9 Å². The number of cyclic esters (lactones) is 1. The number of aliphatic hydroxyl groups excluding tert-OH is 1. The number of likely N-dealkylation sites (N-methyl/N-ethyl adjacent to an activating group) is 1. The Labute approximate surface area is 361 Å². The van der Waals surface area contributed by atoms with Gasteiger partial charge in [-0.15, -0.1) is 0 Å². The summed E-state index contributed by atoms with van der Waals surface area (Å²) in [6.07, 6.45) is -5.25. The predicted molar refractivity (Wildman–Crippen MR) is 223 cm³/mol. The number of aliphatic imine (C=N–C) groups is 1. The highest BCUT2D eigenvalue weighted by molar-refractivity contribution is 6.08. The molecule has 18 nitrogen and oxygen atoms in total. The summed E-state index contributed by atoms with van der Waals surface area (Å²) in [5, 5.41) is 28.3. The Balaban J connectivity index is 1.64. The number of aromatic nitrogens is 2. The number of carbonyl (C=O) groups is 3. The molecule has 4 N–H and O–H groups in total. The van der Waals surface area contributed by atoms with Gasteiger partial charge in [-0.05, 0) is 79.1 Å². The topological polar surface area (TPSA) is 240 Å². The molecule has 3 saturated heterocycles. The lowest BCUT2D eigenvalue weighted by atomic mass is 9.75. The first-order valence-corrected chi connectivity index (χ1v) is 21.1. The van der Waals surface area contributed by atoms with Crippen molar-refractivity contribution in [3.05, 3.63) is 30.2 Å². The van der Waals surface area contributed by atoms with Crippen LogP contribution in [-0.2, 0) is 49.5 Å². The van der Waals surface area contributed by atoms with E-state index in [-0.39, 0.29) is 62.9 Å². The average molecular weight is 875 g/mol. The summed E-state index contributed by atoms with van der Waals surface area (Å²) in [6.45, 7) is 11.4. The summed E-state index contributed by atoms with van der Waals surface area (Å²) in [5.41, 5.74) is 0.233. The van der Waals surface area contributed by atoms with Crippen LogP contribution in [0.3, 0.4) is 0 Å². The molecule has 12 atom stereocenters. The fraction of sp³-hybridized carbons (Fsp3) is 0.698.